The fourth-order valence-corrected chi connectivity index (χ4v) is 2.56. The van der Waals surface area contributed by atoms with Gasteiger partial charge in [0.1, 0.15) is 12.4 Å². The number of halogens is 1. The molecule has 1 amide bonds. The number of rotatable bonds is 6. The molecule has 2 heterocycles. The standard InChI is InChI=1S/C17H17FN4O3/c1-25-10-9-21-16-14(3-2-8-19-16)22(17(21)24)11-15(23)20-13-6-4-12(18)5-7-13/h2-8H,9-11H2,1H3,(H,20,23). The molecule has 3 rings (SSSR count). The Kier molecular flexibility index (Phi) is 4.90. The third kappa shape index (κ3) is 3.58. The van der Waals surface area contributed by atoms with Crippen LogP contribution in [-0.4, -0.2) is 33.7 Å². The largest absolute Gasteiger partial charge is 0.383 e. The van der Waals surface area contributed by atoms with Crippen molar-refractivity contribution < 1.29 is 13.9 Å². The minimum absolute atomic E-state index is 0.168. The van der Waals surface area contributed by atoms with E-state index in [1.54, 1.807) is 25.4 Å². The maximum absolute atomic E-state index is 12.9. The Morgan fingerprint density at radius 2 is 2.00 bits per heavy atom. The number of nitrogens with zero attached hydrogens (tertiary/aromatic N) is 3. The smallest absolute Gasteiger partial charge is 0.330 e. The highest BCUT2D eigenvalue weighted by Gasteiger charge is 2.16. The number of benzene rings is 1. The van der Waals surface area contributed by atoms with E-state index in [-0.39, 0.29) is 24.0 Å². The molecule has 0 radical (unpaired) electrons. The molecular formula is C17H17FN4O3. The molecule has 0 fully saturated rings. The summed E-state index contributed by atoms with van der Waals surface area (Å²) in [6.07, 6.45) is 1.59. The number of nitrogens with one attached hydrogen (secondary N) is 1. The van der Waals surface area contributed by atoms with Crippen molar-refractivity contribution in [3.63, 3.8) is 0 Å². The van der Waals surface area contributed by atoms with E-state index in [4.69, 9.17) is 4.74 Å². The van der Waals surface area contributed by atoms with Gasteiger partial charge in [0.15, 0.2) is 5.65 Å². The number of methoxy groups -OCH3 is 1. The van der Waals surface area contributed by atoms with Gasteiger partial charge >= 0.3 is 5.69 Å². The summed E-state index contributed by atoms with van der Waals surface area (Å²) in [5.41, 5.74) is 1.19. The third-order valence-electron chi connectivity index (χ3n) is 3.72. The summed E-state index contributed by atoms with van der Waals surface area (Å²) in [5, 5.41) is 2.64. The van der Waals surface area contributed by atoms with Gasteiger partial charge in [-0.1, -0.05) is 0 Å². The Balaban J connectivity index is 1.87. The Bertz CT molecular complexity index is 947. The molecule has 3 aromatic rings. The molecule has 1 N–H and O–H groups in total. The van der Waals surface area contributed by atoms with E-state index in [2.05, 4.69) is 10.3 Å². The first-order valence-corrected chi connectivity index (χ1v) is 7.68. The molecule has 0 bridgehead atoms. The first-order valence-electron chi connectivity index (χ1n) is 7.68. The van der Waals surface area contributed by atoms with Crippen LogP contribution in [0.5, 0.6) is 0 Å². The molecule has 2 aromatic heterocycles. The lowest BCUT2D eigenvalue weighted by Crippen LogP contribution is -2.30. The molecular weight excluding hydrogens is 327 g/mol. The normalized spacial score (nSPS) is 11.0. The van der Waals surface area contributed by atoms with Crippen molar-refractivity contribution in [3.05, 3.63) is 58.9 Å². The number of anilines is 1. The van der Waals surface area contributed by atoms with Gasteiger partial charge in [-0.2, -0.15) is 0 Å². The predicted octanol–water partition coefficient (Wildman–Crippen LogP) is 1.62. The molecule has 130 valence electrons. The highest BCUT2D eigenvalue weighted by Crippen LogP contribution is 2.11. The van der Waals surface area contributed by atoms with E-state index in [9.17, 15) is 14.0 Å². The molecule has 0 saturated carbocycles. The number of carbonyl (C=O) groups excluding carboxylic acids is 1. The van der Waals surface area contributed by atoms with Crippen molar-refractivity contribution in [1.29, 1.82) is 0 Å². The number of pyridine rings is 1. The number of fused-ring (bicyclic) bond motifs is 1. The second-order valence-corrected chi connectivity index (χ2v) is 5.41. The van der Waals surface area contributed by atoms with Crippen LogP contribution in [0.2, 0.25) is 0 Å². The van der Waals surface area contributed by atoms with Crippen molar-refractivity contribution in [1.82, 2.24) is 14.1 Å². The molecule has 0 saturated heterocycles. The van der Waals surface area contributed by atoms with E-state index in [1.165, 1.54) is 33.4 Å². The lowest BCUT2D eigenvalue weighted by atomic mass is 10.3. The van der Waals surface area contributed by atoms with Crippen LogP contribution in [0.1, 0.15) is 0 Å². The molecule has 1 aromatic carbocycles. The Labute approximate surface area is 142 Å². The Morgan fingerprint density at radius 1 is 1.24 bits per heavy atom. The highest BCUT2D eigenvalue weighted by atomic mass is 19.1. The fourth-order valence-electron chi connectivity index (χ4n) is 2.56. The van der Waals surface area contributed by atoms with Crippen molar-refractivity contribution in [2.24, 2.45) is 0 Å². The summed E-state index contributed by atoms with van der Waals surface area (Å²) >= 11 is 0. The Morgan fingerprint density at radius 3 is 2.72 bits per heavy atom. The summed E-state index contributed by atoms with van der Waals surface area (Å²) in [7, 11) is 1.55. The number of imidazole rings is 1. The summed E-state index contributed by atoms with van der Waals surface area (Å²) in [4.78, 5) is 29.1. The average Bonchev–Trinajstić information content (AvgIpc) is 2.87. The van der Waals surface area contributed by atoms with Gasteiger partial charge in [0.25, 0.3) is 0 Å². The molecule has 0 aliphatic carbocycles. The van der Waals surface area contributed by atoms with E-state index in [1.807, 2.05) is 0 Å². The second kappa shape index (κ2) is 7.27. The monoisotopic (exact) mass is 344 g/mol. The van der Waals surface area contributed by atoms with Crippen LogP contribution in [-0.2, 0) is 22.6 Å². The SMILES string of the molecule is COCCn1c(=O)n(CC(=O)Nc2ccc(F)cc2)c2cccnc21. The van der Waals surface area contributed by atoms with Crippen LogP contribution in [0, 0.1) is 5.82 Å². The van der Waals surface area contributed by atoms with Crippen molar-refractivity contribution >= 4 is 22.8 Å². The summed E-state index contributed by atoms with van der Waals surface area (Å²) in [5.74, 6) is -0.773. The lowest BCUT2D eigenvalue weighted by molar-refractivity contribution is -0.116. The van der Waals surface area contributed by atoms with Gasteiger partial charge < -0.3 is 10.1 Å². The van der Waals surface area contributed by atoms with Gasteiger partial charge in [0.2, 0.25) is 5.91 Å². The second-order valence-electron chi connectivity index (χ2n) is 5.41. The highest BCUT2D eigenvalue weighted by molar-refractivity contribution is 5.91. The molecule has 8 heteroatoms. The number of hydrogen-bond donors (Lipinski definition) is 1. The van der Waals surface area contributed by atoms with Crippen LogP contribution < -0.4 is 11.0 Å². The number of amides is 1. The van der Waals surface area contributed by atoms with Gasteiger partial charge in [-0.15, -0.1) is 0 Å². The zero-order valence-corrected chi connectivity index (χ0v) is 13.6. The van der Waals surface area contributed by atoms with Gasteiger partial charge in [0, 0.05) is 19.0 Å². The number of hydrogen-bond acceptors (Lipinski definition) is 4. The topological polar surface area (TPSA) is 78.1 Å². The first kappa shape index (κ1) is 16.8. The van der Waals surface area contributed by atoms with E-state index in [0.717, 1.165) is 0 Å². The van der Waals surface area contributed by atoms with Crippen LogP contribution in [0.25, 0.3) is 11.2 Å². The van der Waals surface area contributed by atoms with E-state index < -0.39 is 0 Å². The zero-order valence-electron chi connectivity index (χ0n) is 13.6. The summed E-state index contributed by atoms with van der Waals surface area (Å²) in [6, 6.07) is 8.86. The Hall–Kier alpha value is -3.00. The van der Waals surface area contributed by atoms with E-state index >= 15 is 0 Å². The van der Waals surface area contributed by atoms with Gasteiger partial charge in [-0.3, -0.25) is 13.9 Å². The molecule has 0 atom stereocenters. The quantitative estimate of drug-likeness (QED) is 0.737. The van der Waals surface area contributed by atoms with Crippen molar-refractivity contribution in [2.75, 3.05) is 19.0 Å². The minimum Gasteiger partial charge on any atom is -0.383 e. The molecule has 0 spiro atoms. The maximum atomic E-state index is 12.9. The minimum atomic E-state index is -0.387. The van der Waals surface area contributed by atoms with E-state index in [0.29, 0.717) is 30.0 Å². The maximum Gasteiger partial charge on any atom is 0.330 e. The van der Waals surface area contributed by atoms with Crippen molar-refractivity contribution in [3.8, 4) is 0 Å². The lowest BCUT2D eigenvalue weighted by Gasteiger charge is -2.06. The zero-order chi connectivity index (χ0) is 17.8. The fraction of sp³-hybridized carbons (Fsp3) is 0.235. The van der Waals surface area contributed by atoms with Gasteiger partial charge in [-0.25, -0.2) is 14.2 Å². The molecule has 25 heavy (non-hydrogen) atoms. The summed E-state index contributed by atoms with van der Waals surface area (Å²) in [6.45, 7) is 0.533. The molecule has 0 aliphatic heterocycles. The third-order valence-corrected chi connectivity index (χ3v) is 3.72. The first-order chi connectivity index (χ1) is 12.1. The van der Waals surface area contributed by atoms with Gasteiger partial charge in [0.05, 0.1) is 18.7 Å². The molecule has 7 nitrogen and oxygen atoms in total. The number of ether oxygens (including phenoxy) is 1. The van der Waals surface area contributed by atoms with Crippen LogP contribution in [0.15, 0.2) is 47.4 Å². The molecule has 0 unspecified atom stereocenters. The van der Waals surface area contributed by atoms with Crippen LogP contribution >= 0.6 is 0 Å². The van der Waals surface area contributed by atoms with Gasteiger partial charge in [-0.05, 0) is 36.4 Å². The molecule has 0 aliphatic rings. The van der Waals surface area contributed by atoms with Crippen LogP contribution in [0.3, 0.4) is 0 Å². The summed E-state index contributed by atoms with van der Waals surface area (Å²) < 4.78 is 20.8. The average molecular weight is 344 g/mol. The number of carbonyl (C=O) groups is 1. The predicted molar refractivity (Wildman–Crippen MR) is 90.9 cm³/mol. The van der Waals surface area contributed by atoms with Crippen molar-refractivity contribution in [2.45, 2.75) is 13.1 Å². The van der Waals surface area contributed by atoms with Crippen LogP contribution in [0.4, 0.5) is 10.1 Å². The number of aromatic nitrogens is 3.